The number of rotatable bonds is 0. The standard InChI is InChI=1S/C7H10O4/c8-5-1-2-6(9)3-4-11-7(5,6)10/h9-10H,1-4H2. The van der Waals surface area contributed by atoms with Crippen LogP contribution in [0.1, 0.15) is 19.3 Å². The second-order valence-corrected chi connectivity index (χ2v) is 3.20. The van der Waals surface area contributed by atoms with Crippen molar-refractivity contribution in [3.63, 3.8) is 0 Å². The van der Waals surface area contributed by atoms with Crippen LogP contribution in [0.5, 0.6) is 0 Å². The first-order chi connectivity index (χ1) is 5.08. The van der Waals surface area contributed by atoms with Crippen molar-refractivity contribution in [1.29, 1.82) is 0 Å². The van der Waals surface area contributed by atoms with Gasteiger partial charge in [0.2, 0.25) is 0 Å². The van der Waals surface area contributed by atoms with Crippen LogP contribution in [-0.2, 0) is 9.53 Å². The van der Waals surface area contributed by atoms with E-state index in [1.807, 2.05) is 0 Å². The van der Waals surface area contributed by atoms with Gasteiger partial charge in [-0.3, -0.25) is 4.79 Å². The van der Waals surface area contributed by atoms with Crippen LogP contribution < -0.4 is 0 Å². The van der Waals surface area contributed by atoms with Gasteiger partial charge in [-0.1, -0.05) is 0 Å². The van der Waals surface area contributed by atoms with E-state index in [-0.39, 0.29) is 13.0 Å². The second kappa shape index (κ2) is 1.83. The van der Waals surface area contributed by atoms with Gasteiger partial charge in [0.15, 0.2) is 5.78 Å². The number of ketones is 1. The van der Waals surface area contributed by atoms with Crippen molar-refractivity contribution in [1.82, 2.24) is 0 Å². The Balaban J connectivity index is 2.41. The van der Waals surface area contributed by atoms with Crippen molar-refractivity contribution in [2.24, 2.45) is 0 Å². The maximum Gasteiger partial charge on any atom is 0.256 e. The van der Waals surface area contributed by atoms with Crippen LogP contribution in [0.2, 0.25) is 0 Å². The molecule has 2 rings (SSSR count). The number of aliphatic hydroxyl groups is 2. The summed E-state index contributed by atoms with van der Waals surface area (Å²) >= 11 is 0. The molecular weight excluding hydrogens is 148 g/mol. The zero-order chi connectivity index (χ0) is 8.11. The van der Waals surface area contributed by atoms with E-state index < -0.39 is 17.2 Å². The summed E-state index contributed by atoms with van der Waals surface area (Å²) in [5, 5.41) is 19.2. The van der Waals surface area contributed by atoms with Gasteiger partial charge < -0.3 is 14.9 Å². The molecule has 0 spiro atoms. The molecule has 0 aromatic carbocycles. The lowest BCUT2D eigenvalue weighted by atomic mass is 9.96. The fourth-order valence-corrected chi connectivity index (χ4v) is 1.80. The molecule has 0 radical (unpaired) electrons. The van der Waals surface area contributed by atoms with Crippen LogP contribution in [0.4, 0.5) is 0 Å². The lowest BCUT2D eigenvalue weighted by Crippen LogP contribution is -2.50. The Labute approximate surface area is 63.8 Å². The summed E-state index contributed by atoms with van der Waals surface area (Å²) in [6.45, 7) is 0.263. The zero-order valence-corrected chi connectivity index (χ0v) is 6.04. The van der Waals surface area contributed by atoms with Gasteiger partial charge in [0.25, 0.3) is 5.79 Å². The topological polar surface area (TPSA) is 66.8 Å². The first kappa shape index (κ1) is 7.21. The summed E-state index contributed by atoms with van der Waals surface area (Å²) in [7, 11) is 0. The van der Waals surface area contributed by atoms with Crippen molar-refractivity contribution in [3.8, 4) is 0 Å². The molecule has 0 aromatic heterocycles. The van der Waals surface area contributed by atoms with Crippen LogP contribution >= 0.6 is 0 Å². The maximum absolute atomic E-state index is 11.0. The number of hydrogen-bond donors (Lipinski definition) is 2. The molecule has 0 bridgehead atoms. The van der Waals surface area contributed by atoms with Crippen molar-refractivity contribution in [2.45, 2.75) is 30.7 Å². The van der Waals surface area contributed by atoms with Gasteiger partial charge >= 0.3 is 0 Å². The summed E-state index contributed by atoms with van der Waals surface area (Å²) in [4.78, 5) is 11.0. The van der Waals surface area contributed by atoms with Gasteiger partial charge in [-0.2, -0.15) is 0 Å². The Bertz CT molecular complexity index is 214. The van der Waals surface area contributed by atoms with Crippen molar-refractivity contribution in [2.75, 3.05) is 6.61 Å². The second-order valence-electron chi connectivity index (χ2n) is 3.20. The Morgan fingerprint density at radius 2 is 2.09 bits per heavy atom. The molecule has 2 unspecified atom stereocenters. The quantitative estimate of drug-likeness (QED) is 0.484. The minimum atomic E-state index is -1.88. The van der Waals surface area contributed by atoms with Crippen LogP contribution in [0.25, 0.3) is 0 Å². The van der Waals surface area contributed by atoms with E-state index in [0.717, 1.165) is 0 Å². The SMILES string of the molecule is O=C1CCC2(O)CCOC12O. The number of fused-ring (bicyclic) bond motifs is 1. The van der Waals surface area contributed by atoms with E-state index in [1.165, 1.54) is 0 Å². The van der Waals surface area contributed by atoms with Gasteiger partial charge in [0.1, 0.15) is 5.60 Å². The Morgan fingerprint density at radius 3 is 2.73 bits per heavy atom. The number of hydrogen-bond acceptors (Lipinski definition) is 4. The van der Waals surface area contributed by atoms with Crippen LogP contribution in [-0.4, -0.2) is 34.0 Å². The van der Waals surface area contributed by atoms with Crippen molar-refractivity contribution in [3.05, 3.63) is 0 Å². The monoisotopic (exact) mass is 158 g/mol. The molecule has 2 fully saturated rings. The Hall–Kier alpha value is -0.450. The van der Waals surface area contributed by atoms with Gasteiger partial charge in [-0.05, 0) is 6.42 Å². The molecule has 1 aliphatic carbocycles. The molecule has 0 amide bonds. The predicted octanol–water partition coefficient (Wildman–Crippen LogP) is -0.811. The van der Waals surface area contributed by atoms with Gasteiger partial charge in [0.05, 0.1) is 6.61 Å². The number of carbonyl (C=O) groups excluding carboxylic acids is 1. The third-order valence-corrected chi connectivity index (χ3v) is 2.60. The van der Waals surface area contributed by atoms with E-state index in [0.29, 0.717) is 12.8 Å². The molecule has 11 heavy (non-hydrogen) atoms. The molecular formula is C7H10O4. The van der Waals surface area contributed by atoms with E-state index >= 15 is 0 Å². The molecule has 4 heteroatoms. The molecule has 62 valence electrons. The minimum Gasteiger partial charge on any atom is -0.384 e. The van der Waals surface area contributed by atoms with Crippen molar-refractivity contribution < 1.29 is 19.7 Å². The molecule has 0 aromatic rings. The Kier molecular flexibility index (Phi) is 1.20. The van der Waals surface area contributed by atoms with E-state index in [2.05, 4.69) is 0 Å². The highest BCUT2D eigenvalue weighted by Crippen LogP contribution is 2.44. The normalized spacial score (nSPS) is 49.8. The fourth-order valence-electron chi connectivity index (χ4n) is 1.80. The summed E-state index contributed by atoms with van der Waals surface area (Å²) in [5.74, 6) is -2.27. The maximum atomic E-state index is 11.0. The highest BCUT2D eigenvalue weighted by molar-refractivity contribution is 5.90. The van der Waals surface area contributed by atoms with Gasteiger partial charge in [0, 0.05) is 12.8 Å². The molecule has 1 aliphatic heterocycles. The molecule has 4 nitrogen and oxygen atoms in total. The molecule has 1 saturated carbocycles. The van der Waals surface area contributed by atoms with Crippen LogP contribution in [0.15, 0.2) is 0 Å². The largest absolute Gasteiger partial charge is 0.384 e. The molecule has 1 heterocycles. The average Bonchev–Trinajstić information content (AvgIpc) is 2.34. The van der Waals surface area contributed by atoms with Gasteiger partial charge in [-0.15, -0.1) is 0 Å². The molecule has 2 aliphatic rings. The van der Waals surface area contributed by atoms with Gasteiger partial charge in [-0.25, -0.2) is 0 Å². The van der Waals surface area contributed by atoms with E-state index in [9.17, 15) is 15.0 Å². The molecule has 2 atom stereocenters. The van der Waals surface area contributed by atoms with Crippen LogP contribution in [0.3, 0.4) is 0 Å². The smallest absolute Gasteiger partial charge is 0.256 e. The average molecular weight is 158 g/mol. The minimum absolute atomic E-state index is 0.215. The first-order valence-corrected chi connectivity index (χ1v) is 3.70. The van der Waals surface area contributed by atoms with E-state index in [4.69, 9.17) is 4.74 Å². The highest BCUT2D eigenvalue weighted by Gasteiger charge is 2.63. The number of carbonyl (C=O) groups is 1. The Morgan fingerprint density at radius 1 is 1.36 bits per heavy atom. The summed E-state index contributed by atoms with van der Waals surface area (Å²) in [5.41, 5.74) is -1.30. The fraction of sp³-hybridized carbons (Fsp3) is 0.857. The summed E-state index contributed by atoms with van der Waals surface area (Å²) < 4.78 is 4.84. The van der Waals surface area contributed by atoms with E-state index in [1.54, 1.807) is 0 Å². The van der Waals surface area contributed by atoms with Crippen LogP contribution in [0, 0.1) is 0 Å². The third-order valence-electron chi connectivity index (χ3n) is 2.60. The highest BCUT2D eigenvalue weighted by atomic mass is 16.7. The molecule has 1 saturated heterocycles. The number of ether oxygens (including phenoxy) is 1. The lowest BCUT2D eigenvalue weighted by Gasteiger charge is -2.26. The predicted molar refractivity (Wildman–Crippen MR) is 34.7 cm³/mol. The summed E-state index contributed by atoms with van der Waals surface area (Å²) in [6.07, 6.45) is 0.893. The first-order valence-electron chi connectivity index (χ1n) is 3.70. The number of Topliss-reactive ketones (excluding diaryl/α,β-unsaturated/α-hetero) is 1. The molecule has 2 N–H and O–H groups in total. The third kappa shape index (κ3) is 0.668. The summed E-state index contributed by atoms with van der Waals surface area (Å²) in [6, 6.07) is 0. The lowest BCUT2D eigenvalue weighted by molar-refractivity contribution is -0.227. The zero-order valence-electron chi connectivity index (χ0n) is 6.04. The van der Waals surface area contributed by atoms with Crippen molar-refractivity contribution >= 4 is 5.78 Å².